The van der Waals surface area contributed by atoms with E-state index in [-0.39, 0.29) is 11.9 Å². The summed E-state index contributed by atoms with van der Waals surface area (Å²) in [6, 6.07) is 12.3. The minimum atomic E-state index is 0.0835. The Morgan fingerprint density at radius 3 is 2.77 bits per heavy atom. The number of hydrogen-bond donors (Lipinski definition) is 3. The number of likely N-dealkylation sites (tertiary alicyclic amines) is 1. The van der Waals surface area contributed by atoms with Gasteiger partial charge in [0.25, 0.3) is 0 Å². The molecule has 156 valence electrons. The molecule has 8 heteroatoms. The molecule has 4 N–H and O–H groups in total. The minimum absolute atomic E-state index is 0.0835. The van der Waals surface area contributed by atoms with Crippen molar-refractivity contribution in [1.82, 2.24) is 20.0 Å². The number of unbranched alkanes of at least 4 members (excludes halogenated alkanes) is 1. The van der Waals surface area contributed by atoms with E-state index >= 15 is 0 Å². The predicted molar refractivity (Wildman–Crippen MR) is 117 cm³/mol. The number of aryl methyl sites for hydroxylation is 1. The molecule has 0 saturated carbocycles. The van der Waals surface area contributed by atoms with Gasteiger partial charge in [-0.2, -0.15) is 4.98 Å². The molecule has 30 heavy (non-hydrogen) atoms. The maximum atomic E-state index is 7.54. The van der Waals surface area contributed by atoms with Gasteiger partial charge in [-0.1, -0.05) is 30.6 Å². The molecule has 1 aliphatic rings. The summed E-state index contributed by atoms with van der Waals surface area (Å²) in [6.45, 7) is 3.58. The van der Waals surface area contributed by atoms with Gasteiger partial charge in [-0.3, -0.25) is 5.41 Å². The van der Waals surface area contributed by atoms with Crippen LogP contribution in [0.2, 0.25) is 0 Å². The molecule has 1 atom stereocenters. The fraction of sp³-hybridized carbons (Fsp3) is 0.364. The molecule has 3 heterocycles. The van der Waals surface area contributed by atoms with E-state index in [9.17, 15) is 0 Å². The van der Waals surface area contributed by atoms with Crippen LogP contribution in [0.3, 0.4) is 0 Å². The van der Waals surface area contributed by atoms with Gasteiger partial charge in [-0.05, 0) is 49.1 Å². The Morgan fingerprint density at radius 2 is 2.10 bits per heavy atom. The third-order valence-electron chi connectivity index (χ3n) is 5.39. The van der Waals surface area contributed by atoms with Crippen molar-refractivity contribution >= 4 is 17.5 Å². The molecule has 0 spiro atoms. The van der Waals surface area contributed by atoms with Gasteiger partial charge in [-0.15, -0.1) is 0 Å². The molecule has 0 amide bonds. The van der Waals surface area contributed by atoms with Gasteiger partial charge in [-0.25, -0.2) is 4.98 Å². The van der Waals surface area contributed by atoms with Crippen molar-refractivity contribution < 1.29 is 4.52 Å². The summed E-state index contributed by atoms with van der Waals surface area (Å²) in [5.74, 6) is 2.05. The Balaban J connectivity index is 1.38. The molecule has 1 unspecified atom stereocenters. The number of rotatable bonds is 7. The Kier molecular flexibility index (Phi) is 5.92. The topological polar surface area (TPSA) is 117 Å². The highest BCUT2D eigenvalue weighted by Crippen LogP contribution is 2.27. The van der Waals surface area contributed by atoms with E-state index in [0.717, 1.165) is 36.5 Å². The van der Waals surface area contributed by atoms with Gasteiger partial charge in [0.15, 0.2) is 5.96 Å². The number of benzene rings is 1. The first-order valence-electron chi connectivity index (χ1n) is 10.4. The molecule has 3 aromatic rings. The molecule has 4 rings (SSSR count). The fourth-order valence-corrected chi connectivity index (χ4v) is 3.58. The first-order valence-corrected chi connectivity index (χ1v) is 10.4. The van der Waals surface area contributed by atoms with Crippen LogP contribution in [0.15, 0.2) is 47.1 Å². The zero-order chi connectivity index (χ0) is 20.9. The summed E-state index contributed by atoms with van der Waals surface area (Å²) in [5.41, 5.74) is 8.72. The lowest BCUT2D eigenvalue weighted by atomic mass is 10.1. The summed E-state index contributed by atoms with van der Waals surface area (Å²) in [6.07, 6.45) is 6.12. The number of hydrogen-bond acceptors (Lipinski definition) is 6. The molecule has 0 aliphatic carbocycles. The number of aromatic nitrogens is 3. The Labute approximate surface area is 176 Å². The minimum Gasteiger partial charge on any atom is -0.370 e. The van der Waals surface area contributed by atoms with Crippen LogP contribution >= 0.6 is 0 Å². The van der Waals surface area contributed by atoms with E-state index in [1.165, 1.54) is 18.4 Å². The van der Waals surface area contributed by atoms with Crippen LogP contribution in [0.4, 0.5) is 11.5 Å². The van der Waals surface area contributed by atoms with Crippen molar-refractivity contribution in [2.24, 2.45) is 5.73 Å². The summed E-state index contributed by atoms with van der Waals surface area (Å²) in [5, 5.41) is 15.0. The summed E-state index contributed by atoms with van der Waals surface area (Å²) < 4.78 is 5.45. The van der Waals surface area contributed by atoms with Gasteiger partial charge < -0.3 is 20.5 Å². The van der Waals surface area contributed by atoms with Crippen LogP contribution in [0.1, 0.15) is 43.6 Å². The van der Waals surface area contributed by atoms with Crippen LogP contribution in [-0.4, -0.2) is 39.1 Å². The van der Waals surface area contributed by atoms with Crippen molar-refractivity contribution in [3.8, 4) is 11.4 Å². The highest BCUT2D eigenvalue weighted by molar-refractivity contribution is 5.75. The fourth-order valence-electron chi connectivity index (χ4n) is 3.58. The summed E-state index contributed by atoms with van der Waals surface area (Å²) in [7, 11) is 0. The lowest BCUT2D eigenvalue weighted by Crippen LogP contribution is -2.34. The quantitative estimate of drug-likeness (QED) is 0.403. The average molecular weight is 406 g/mol. The zero-order valence-corrected chi connectivity index (χ0v) is 17.1. The predicted octanol–water partition coefficient (Wildman–Crippen LogP) is 3.90. The summed E-state index contributed by atoms with van der Waals surface area (Å²) >= 11 is 0. The third-order valence-corrected chi connectivity index (χ3v) is 5.39. The second kappa shape index (κ2) is 8.94. The molecule has 1 saturated heterocycles. The van der Waals surface area contributed by atoms with E-state index < -0.39 is 0 Å². The molecular formula is C22H27N7O. The first kappa shape index (κ1) is 19.9. The van der Waals surface area contributed by atoms with Gasteiger partial charge in [0.05, 0.1) is 5.92 Å². The van der Waals surface area contributed by atoms with E-state index in [4.69, 9.17) is 15.7 Å². The normalized spacial score (nSPS) is 16.0. The Bertz CT molecular complexity index is 981. The molecule has 0 bridgehead atoms. The van der Waals surface area contributed by atoms with Gasteiger partial charge in [0.2, 0.25) is 11.7 Å². The van der Waals surface area contributed by atoms with E-state index in [1.807, 2.05) is 17.0 Å². The van der Waals surface area contributed by atoms with Crippen molar-refractivity contribution in [2.45, 2.75) is 38.5 Å². The average Bonchev–Trinajstić information content (AvgIpc) is 3.44. The van der Waals surface area contributed by atoms with Crippen LogP contribution in [0, 0.1) is 5.41 Å². The van der Waals surface area contributed by atoms with Crippen molar-refractivity contribution in [3.63, 3.8) is 0 Å². The monoisotopic (exact) mass is 405 g/mol. The van der Waals surface area contributed by atoms with Crippen molar-refractivity contribution in [1.29, 1.82) is 5.41 Å². The van der Waals surface area contributed by atoms with Crippen molar-refractivity contribution in [3.05, 3.63) is 54.0 Å². The Morgan fingerprint density at radius 1 is 1.27 bits per heavy atom. The largest absolute Gasteiger partial charge is 0.370 e. The smallest absolute Gasteiger partial charge is 0.231 e. The molecule has 1 aromatic carbocycles. The molecule has 2 aromatic heterocycles. The number of nitrogens with two attached hydrogens (primary N) is 1. The van der Waals surface area contributed by atoms with Crippen LogP contribution in [-0.2, 0) is 6.42 Å². The van der Waals surface area contributed by atoms with Crippen LogP contribution in [0.25, 0.3) is 11.4 Å². The molecule has 0 radical (unpaired) electrons. The lowest BCUT2D eigenvalue weighted by Gasteiger charge is -2.14. The standard InChI is InChI=1S/C22H27N7O/c1-2-3-4-15-5-8-18(9-6-15)26-19-10-7-16(13-25-19)20-27-21(30-28-20)17-11-12-29(14-17)22(23)24/h5-10,13,17H,2-4,11-12,14H2,1H3,(H3,23,24)(H,25,26). The SMILES string of the molecule is CCCCc1ccc(Nc2ccc(-c3noc(C4CCN(C(=N)N)C4)n3)cn2)cc1. The highest BCUT2D eigenvalue weighted by Gasteiger charge is 2.29. The molecule has 1 aliphatic heterocycles. The van der Waals surface area contributed by atoms with Crippen LogP contribution < -0.4 is 11.1 Å². The van der Waals surface area contributed by atoms with Gasteiger partial charge in [0.1, 0.15) is 5.82 Å². The number of guanidine groups is 1. The van der Waals surface area contributed by atoms with E-state index in [0.29, 0.717) is 18.3 Å². The first-order chi connectivity index (χ1) is 14.6. The van der Waals surface area contributed by atoms with Crippen LogP contribution in [0.5, 0.6) is 0 Å². The number of pyridine rings is 1. The lowest BCUT2D eigenvalue weighted by molar-refractivity contribution is 0.354. The van der Waals surface area contributed by atoms with Gasteiger partial charge >= 0.3 is 0 Å². The maximum absolute atomic E-state index is 7.54. The molecule has 8 nitrogen and oxygen atoms in total. The van der Waals surface area contributed by atoms with E-state index in [1.54, 1.807) is 6.20 Å². The van der Waals surface area contributed by atoms with Crippen molar-refractivity contribution in [2.75, 3.05) is 18.4 Å². The summed E-state index contributed by atoms with van der Waals surface area (Å²) in [4.78, 5) is 10.8. The highest BCUT2D eigenvalue weighted by atomic mass is 16.5. The molecular weight excluding hydrogens is 378 g/mol. The number of anilines is 2. The second-order valence-corrected chi connectivity index (χ2v) is 7.63. The molecule has 1 fully saturated rings. The van der Waals surface area contributed by atoms with E-state index in [2.05, 4.69) is 51.6 Å². The Hall–Kier alpha value is -3.42. The van der Waals surface area contributed by atoms with Gasteiger partial charge in [0, 0.05) is 30.5 Å². The number of nitrogens with zero attached hydrogens (tertiary/aromatic N) is 4. The zero-order valence-electron chi connectivity index (χ0n) is 17.1. The second-order valence-electron chi connectivity index (χ2n) is 7.63. The number of nitrogens with one attached hydrogen (secondary N) is 2. The third kappa shape index (κ3) is 4.59. The maximum Gasteiger partial charge on any atom is 0.231 e.